The summed E-state index contributed by atoms with van der Waals surface area (Å²) in [5.74, 6) is 0. The third-order valence-electron chi connectivity index (χ3n) is 2.84. The van der Waals surface area contributed by atoms with E-state index in [2.05, 4.69) is 47.6 Å². The summed E-state index contributed by atoms with van der Waals surface area (Å²) in [7, 11) is 0. The molecule has 0 aliphatic heterocycles. The van der Waals surface area contributed by atoms with Crippen molar-refractivity contribution in [3.63, 3.8) is 0 Å². The Balaban J connectivity index is 1.90. The lowest BCUT2D eigenvalue weighted by Crippen LogP contribution is -2.13. The number of nitrogens with one attached hydrogen (secondary N) is 1. The quantitative estimate of drug-likeness (QED) is 0.867. The Labute approximate surface area is 103 Å². The van der Waals surface area contributed by atoms with Crippen LogP contribution in [0.4, 0.5) is 0 Å². The minimum Gasteiger partial charge on any atom is -0.309 e. The zero-order valence-corrected chi connectivity index (χ0v) is 10.4. The lowest BCUT2D eigenvalue weighted by molar-refractivity contribution is 0.688. The summed E-state index contributed by atoms with van der Waals surface area (Å²) < 4.78 is 0. The second-order valence-electron chi connectivity index (χ2n) is 4.34. The topological polar surface area (TPSA) is 24.9 Å². The fourth-order valence-electron chi connectivity index (χ4n) is 1.85. The number of pyridine rings is 1. The van der Waals surface area contributed by atoms with Gasteiger partial charge in [0, 0.05) is 25.0 Å². The molecule has 0 saturated carbocycles. The minimum absolute atomic E-state index is 0.869. The molecule has 0 saturated heterocycles. The van der Waals surface area contributed by atoms with E-state index in [9.17, 15) is 0 Å². The zero-order chi connectivity index (χ0) is 12.1. The molecule has 1 heterocycles. The largest absolute Gasteiger partial charge is 0.309 e. The monoisotopic (exact) mass is 226 g/mol. The Morgan fingerprint density at radius 1 is 1.06 bits per heavy atom. The van der Waals surface area contributed by atoms with E-state index in [4.69, 9.17) is 0 Å². The van der Waals surface area contributed by atoms with Crippen molar-refractivity contribution in [1.82, 2.24) is 10.3 Å². The molecule has 1 aromatic heterocycles. The molecule has 0 fully saturated rings. The maximum Gasteiger partial charge on any atom is 0.0375 e. The third-order valence-corrected chi connectivity index (χ3v) is 2.84. The number of aryl methyl sites for hydroxylation is 2. The first-order chi connectivity index (χ1) is 8.25. The lowest BCUT2D eigenvalue weighted by Gasteiger charge is -2.08. The van der Waals surface area contributed by atoms with Crippen LogP contribution in [0.15, 0.2) is 42.6 Å². The molecule has 88 valence electrons. The third kappa shape index (κ3) is 3.40. The highest BCUT2D eigenvalue weighted by atomic mass is 14.9. The number of benzene rings is 1. The van der Waals surface area contributed by atoms with Crippen molar-refractivity contribution in [2.24, 2.45) is 0 Å². The molecule has 0 bridgehead atoms. The van der Waals surface area contributed by atoms with Gasteiger partial charge in [0.25, 0.3) is 0 Å². The Morgan fingerprint density at radius 3 is 2.53 bits per heavy atom. The number of aromatic nitrogens is 1. The molecule has 2 heteroatoms. The maximum absolute atomic E-state index is 4.33. The standard InChI is InChI=1S/C15H18N2/c1-12-8-13(2)17-11-15(12)10-16-9-14-6-4-3-5-7-14/h3-8,11,16H,9-10H2,1-2H3. The molecular formula is C15H18N2. The van der Waals surface area contributed by atoms with Crippen molar-refractivity contribution in [1.29, 1.82) is 0 Å². The highest BCUT2D eigenvalue weighted by Gasteiger charge is 1.99. The summed E-state index contributed by atoms with van der Waals surface area (Å²) in [6.45, 7) is 5.92. The normalized spacial score (nSPS) is 10.5. The molecule has 0 aliphatic rings. The van der Waals surface area contributed by atoms with Gasteiger partial charge in [-0.1, -0.05) is 30.3 Å². The average Bonchev–Trinajstić information content (AvgIpc) is 2.33. The second kappa shape index (κ2) is 5.60. The van der Waals surface area contributed by atoms with Gasteiger partial charge in [-0.3, -0.25) is 4.98 Å². The average molecular weight is 226 g/mol. The van der Waals surface area contributed by atoms with E-state index in [0.717, 1.165) is 18.8 Å². The molecular weight excluding hydrogens is 208 g/mol. The molecule has 0 spiro atoms. The SMILES string of the molecule is Cc1cc(C)c(CNCc2ccccc2)cn1. The van der Waals surface area contributed by atoms with E-state index in [1.165, 1.54) is 16.7 Å². The van der Waals surface area contributed by atoms with Crippen molar-refractivity contribution in [2.45, 2.75) is 26.9 Å². The second-order valence-corrected chi connectivity index (χ2v) is 4.34. The fourth-order valence-corrected chi connectivity index (χ4v) is 1.85. The van der Waals surface area contributed by atoms with Crippen molar-refractivity contribution < 1.29 is 0 Å². The number of rotatable bonds is 4. The van der Waals surface area contributed by atoms with Gasteiger partial charge in [0.2, 0.25) is 0 Å². The molecule has 0 radical (unpaired) electrons. The first-order valence-corrected chi connectivity index (χ1v) is 5.92. The number of hydrogen-bond acceptors (Lipinski definition) is 2. The molecule has 1 aromatic carbocycles. The van der Waals surface area contributed by atoms with Gasteiger partial charge in [0.05, 0.1) is 0 Å². The molecule has 0 unspecified atom stereocenters. The highest BCUT2D eigenvalue weighted by Crippen LogP contribution is 2.07. The van der Waals surface area contributed by atoms with Crippen LogP contribution >= 0.6 is 0 Å². The van der Waals surface area contributed by atoms with Crippen LogP contribution in [0.5, 0.6) is 0 Å². The van der Waals surface area contributed by atoms with Crippen LogP contribution < -0.4 is 5.32 Å². The van der Waals surface area contributed by atoms with Crippen LogP contribution in [0, 0.1) is 13.8 Å². The predicted octanol–water partition coefficient (Wildman–Crippen LogP) is 2.99. The Bertz CT molecular complexity index is 478. The molecule has 2 aromatic rings. The van der Waals surface area contributed by atoms with Crippen molar-refractivity contribution in [3.05, 3.63) is 65.0 Å². The van der Waals surface area contributed by atoms with Crippen LogP contribution in [-0.2, 0) is 13.1 Å². The van der Waals surface area contributed by atoms with Crippen molar-refractivity contribution >= 4 is 0 Å². The molecule has 17 heavy (non-hydrogen) atoms. The van der Waals surface area contributed by atoms with Gasteiger partial charge in [-0.25, -0.2) is 0 Å². The van der Waals surface area contributed by atoms with E-state index in [0.29, 0.717) is 0 Å². The Morgan fingerprint density at radius 2 is 1.82 bits per heavy atom. The van der Waals surface area contributed by atoms with Gasteiger partial charge >= 0.3 is 0 Å². The number of hydrogen-bond donors (Lipinski definition) is 1. The van der Waals surface area contributed by atoms with Gasteiger partial charge in [0.1, 0.15) is 0 Å². The van der Waals surface area contributed by atoms with E-state index < -0.39 is 0 Å². The summed E-state index contributed by atoms with van der Waals surface area (Å²) in [5.41, 5.74) is 4.96. The summed E-state index contributed by atoms with van der Waals surface area (Å²) in [6.07, 6.45) is 1.96. The fraction of sp³-hybridized carbons (Fsp3) is 0.267. The highest BCUT2D eigenvalue weighted by molar-refractivity contribution is 5.24. The predicted molar refractivity (Wildman–Crippen MR) is 70.7 cm³/mol. The molecule has 0 aliphatic carbocycles. The first kappa shape index (κ1) is 11.8. The van der Waals surface area contributed by atoms with Gasteiger partial charge < -0.3 is 5.32 Å². The maximum atomic E-state index is 4.33. The van der Waals surface area contributed by atoms with Crippen LogP contribution in [0.1, 0.15) is 22.4 Å². The summed E-state index contributed by atoms with van der Waals surface area (Å²) in [6, 6.07) is 12.6. The molecule has 2 rings (SSSR count). The van der Waals surface area contributed by atoms with Gasteiger partial charge in [-0.05, 0) is 36.6 Å². The van der Waals surface area contributed by atoms with Crippen LogP contribution in [-0.4, -0.2) is 4.98 Å². The number of nitrogens with zero attached hydrogens (tertiary/aromatic N) is 1. The van der Waals surface area contributed by atoms with Crippen molar-refractivity contribution in [2.75, 3.05) is 0 Å². The molecule has 0 amide bonds. The molecule has 0 atom stereocenters. The van der Waals surface area contributed by atoms with E-state index >= 15 is 0 Å². The van der Waals surface area contributed by atoms with Gasteiger partial charge in [-0.15, -0.1) is 0 Å². The Kier molecular flexibility index (Phi) is 3.89. The Hall–Kier alpha value is -1.67. The first-order valence-electron chi connectivity index (χ1n) is 5.92. The smallest absolute Gasteiger partial charge is 0.0375 e. The van der Waals surface area contributed by atoms with E-state index in [-0.39, 0.29) is 0 Å². The molecule has 2 nitrogen and oxygen atoms in total. The summed E-state index contributed by atoms with van der Waals surface area (Å²) in [5, 5.41) is 3.44. The minimum atomic E-state index is 0.869. The van der Waals surface area contributed by atoms with Crippen molar-refractivity contribution in [3.8, 4) is 0 Å². The van der Waals surface area contributed by atoms with Gasteiger partial charge in [0.15, 0.2) is 0 Å². The molecule has 1 N–H and O–H groups in total. The van der Waals surface area contributed by atoms with Crippen LogP contribution in [0.2, 0.25) is 0 Å². The lowest BCUT2D eigenvalue weighted by atomic mass is 10.1. The summed E-state index contributed by atoms with van der Waals surface area (Å²) in [4.78, 5) is 4.33. The summed E-state index contributed by atoms with van der Waals surface area (Å²) >= 11 is 0. The van der Waals surface area contributed by atoms with E-state index in [1.54, 1.807) is 0 Å². The van der Waals surface area contributed by atoms with Gasteiger partial charge in [-0.2, -0.15) is 0 Å². The van der Waals surface area contributed by atoms with Crippen LogP contribution in [0.3, 0.4) is 0 Å². The van der Waals surface area contributed by atoms with E-state index in [1.807, 2.05) is 19.2 Å². The zero-order valence-electron chi connectivity index (χ0n) is 10.4. The van der Waals surface area contributed by atoms with Crippen LogP contribution in [0.25, 0.3) is 0 Å².